The molecule has 0 spiro atoms. The highest BCUT2D eigenvalue weighted by Crippen LogP contribution is 2.16. The van der Waals surface area contributed by atoms with Crippen LogP contribution in [0.3, 0.4) is 0 Å². The van der Waals surface area contributed by atoms with E-state index >= 15 is 0 Å². The number of esters is 3. The van der Waals surface area contributed by atoms with Crippen molar-refractivity contribution in [1.82, 2.24) is 0 Å². The van der Waals surface area contributed by atoms with Crippen molar-refractivity contribution < 1.29 is 28.6 Å². The molecule has 6 nitrogen and oxygen atoms in total. The predicted molar refractivity (Wildman–Crippen MR) is 261 cm³/mol. The molecule has 0 rings (SSSR count). The first-order chi connectivity index (χ1) is 30.0. The summed E-state index contributed by atoms with van der Waals surface area (Å²) >= 11 is 0. The van der Waals surface area contributed by atoms with Gasteiger partial charge in [-0.1, -0.05) is 251 Å². The number of rotatable bonds is 50. The second kappa shape index (κ2) is 50.8. The van der Waals surface area contributed by atoms with Gasteiger partial charge < -0.3 is 14.2 Å². The van der Waals surface area contributed by atoms with Crippen molar-refractivity contribution in [2.75, 3.05) is 13.2 Å². The van der Waals surface area contributed by atoms with Crippen LogP contribution >= 0.6 is 0 Å². The minimum atomic E-state index is -0.767. The van der Waals surface area contributed by atoms with Crippen LogP contribution in [0.4, 0.5) is 0 Å². The van der Waals surface area contributed by atoms with E-state index in [-0.39, 0.29) is 31.1 Å². The highest BCUT2D eigenvalue weighted by Gasteiger charge is 2.19. The van der Waals surface area contributed by atoms with Crippen molar-refractivity contribution in [3.63, 3.8) is 0 Å². The number of ether oxygens (including phenoxy) is 3. The molecule has 0 aromatic rings. The lowest BCUT2D eigenvalue weighted by molar-refractivity contribution is -0.167. The van der Waals surface area contributed by atoms with Gasteiger partial charge in [-0.2, -0.15) is 0 Å². The fraction of sp³-hybridized carbons (Fsp3) is 0.909. The minimum absolute atomic E-state index is 0.0677. The average molecular weight is 861 g/mol. The molecule has 6 heteroatoms. The maximum Gasteiger partial charge on any atom is 0.306 e. The fourth-order valence-electron chi connectivity index (χ4n) is 8.14. The standard InChI is InChI=1S/C55H104O6/c1-4-7-10-13-16-19-22-25-27-30-33-36-39-42-45-48-54(57)60-51-52(50-59-53(56)47-44-41-38-35-32-29-24-21-18-15-12-9-6-3)61-55(58)49-46-43-40-37-34-31-28-26-23-20-17-14-11-8-5-2/h26,28,52H,4-25,27,29-51H2,1-3H3/b28-26-. The number of unbranched alkanes of at least 4 members (excludes halogenated alkanes) is 37. The summed E-state index contributed by atoms with van der Waals surface area (Å²) in [6, 6.07) is 0. The Labute approximate surface area is 380 Å². The third kappa shape index (κ3) is 49.0. The summed E-state index contributed by atoms with van der Waals surface area (Å²) < 4.78 is 16.8. The van der Waals surface area contributed by atoms with Crippen LogP contribution in [0.15, 0.2) is 12.2 Å². The molecule has 0 aliphatic heterocycles. The summed E-state index contributed by atoms with van der Waals surface area (Å²) in [5.41, 5.74) is 0. The van der Waals surface area contributed by atoms with Crippen LogP contribution in [0.5, 0.6) is 0 Å². The molecular weight excluding hydrogens is 757 g/mol. The van der Waals surface area contributed by atoms with Crippen molar-refractivity contribution in [2.45, 2.75) is 309 Å². The van der Waals surface area contributed by atoms with Crippen molar-refractivity contribution in [2.24, 2.45) is 0 Å². The summed E-state index contributed by atoms with van der Waals surface area (Å²) in [6.07, 6.45) is 56.2. The second-order valence-electron chi connectivity index (χ2n) is 18.5. The Kier molecular flexibility index (Phi) is 49.3. The first-order valence-electron chi connectivity index (χ1n) is 27.2. The van der Waals surface area contributed by atoms with E-state index in [1.807, 2.05) is 0 Å². The summed E-state index contributed by atoms with van der Waals surface area (Å²) in [4.78, 5) is 38.0. The largest absolute Gasteiger partial charge is 0.462 e. The highest BCUT2D eigenvalue weighted by molar-refractivity contribution is 5.71. The molecule has 0 heterocycles. The molecule has 0 aliphatic carbocycles. The monoisotopic (exact) mass is 861 g/mol. The molecular formula is C55H104O6. The Bertz CT molecular complexity index is 947. The molecule has 0 saturated heterocycles. The normalized spacial score (nSPS) is 12.0. The maximum absolute atomic E-state index is 12.8. The zero-order chi connectivity index (χ0) is 44.4. The van der Waals surface area contributed by atoms with Crippen LogP contribution in [-0.4, -0.2) is 37.2 Å². The number of carbonyl (C=O) groups is 3. The first kappa shape index (κ1) is 59.1. The van der Waals surface area contributed by atoms with Gasteiger partial charge in [0, 0.05) is 19.3 Å². The molecule has 0 bridgehead atoms. The van der Waals surface area contributed by atoms with E-state index in [2.05, 4.69) is 32.9 Å². The Morgan fingerprint density at radius 2 is 0.541 bits per heavy atom. The molecule has 0 radical (unpaired) electrons. The van der Waals surface area contributed by atoms with Crippen LogP contribution in [0.1, 0.15) is 303 Å². The molecule has 0 amide bonds. The van der Waals surface area contributed by atoms with Crippen molar-refractivity contribution >= 4 is 17.9 Å². The quantitative estimate of drug-likeness (QED) is 0.0262. The fourth-order valence-corrected chi connectivity index (χ4v) is 8.14. The number of carbonyl (C=O) groups excluding carboxylic acids is 3. The molecule has 0 aromatic heterocycles. The number of hydrogen-bond acceptors (Lipinski definition) is 6. The van der Waals surface area contributed by atoms with Gasteiger partial charge in [0.15, 0.2) is 6.10 Å². The third-order valence-corrected chi connectivity index (χ3v) is 12.3. The Balaban J connectivity index is 4.33. The van der Waals surface area contributed by atoms with E-state index in [9.17, 15) is 14.4 Å². The summed E-state index contributed by atoms with van der Waals surface area (Å²) in [7, 11) is 0. The van der Waals surface area contributed by atoms with Gasteiger partial charge in [-0.15, -0.1) is 0 Å². The Morgan fingerprint density at radius 3 is 0.820 bits per heavy atom. The van der Waals surface area contributed by atoms with Crippen LogP contribution in [0, 0.1) is 0 Å². The summed E-state index contributed by atoms with van der Waals surface area (Å²) in [5.74, 6) is -0.856. The van der Waals surface area contributed by atoms with Gasteiger partial charge >= 0.3 is 17.9 Å². The van der Waals surface area contributed by atoms with E-state index in [1.165, 1.54) is 199 Å². The predicted octanol–water partition coefficient (Wildman–Crippen LogP) is 17.8. The lowest BCUT2D eigenvalue weighted by Gasteiger charge is -2.18. The summed E-state index contributed by atoms with van der Waals surface area (Å²) in [6.45, 7) is 6.67. The van der Waals surface area contributed by atoms with Crippen molar-refractivity contribution in [3.05, 3.63) is 12.2 Å². The minimum Gasteiger partial charge on any atom is -0.462 e. The first-order valence-corrected chi connectivity index (χ1v) is 27.2. The van der Waals surface area contributed by atoms with Gasteiger partial charge in [-0.05, 0) is 44.9 Å². The molecule has 0 aromatic carbocycles. The van der Waals surface area contributed by atoms with Gasteiger partial charge in [-0.3, -0.25) is 14.4 Å². The van der Waals surface area contributed by atoms with Gasteiger partial charge in [0.05, 0.1) is 0 Å². The molecule has 1 atom stereocenters. The van der Waals surface area contributed by atoms with Crippen molar-refractivity contribution in [3.8, 4) is 0 Å². The Hall–Kier alpha value is -1.85. The van der Waals surface area contributed by atoms with Gasteiger partial charge in [0.25, 0.3) is 0 Å². The van der Waals surface area contributed by atoms with Crippen LogP contribution in [0.25, 0.3) is 0 Å². The van der Waals surface area contributed by atoms with E-state index in [1.54, 1.807) is 0 Å². The van der Waals surface area contributed by atoms with E-state index < -0.39 is 6.10 Å². The van der Waals surface area contributed by atoms with Gasteiger partial charge in [0.2, 0.25) is 0 Å². The van der Waals surface area contributed by atoms with Crippen molar-refractivity contribution in [1.29, 1.82) is 0 Å². The smallest absolute Gasteiger partial charge is 0.306 e. The highest BCUT2D eigenvalue weighted by atomic mass is 16.6. The molecule has 0 saturated carbocycles. The van der Waals surface area contributed by atoms with Gasteiger partial charge in [-0.25, -0.2) is 0 Å². The van der Waals surface area contributed by atoms with E-state index in [0.717, 1.165) is 64.2 Å². The third-order valence-electron chi connectivity index (χ3n) is 12.3. The molecule has 61 heavy (non-hydrogen) atoms. The van der Waals surface area contributed by atoms with Gasteiger partial charge in [0.1, 0.15) is 13.2 Å². The summed E-state index contributed by atoms with van der Waals surface area (Å²) in [5, 5.41) is 0. The molecule has 0 aliphatic rings. The second-order valence-corrected chi connectivity index (χ2v) is 18.5. The zero-order valence-electron chi connectivity index (χ0n) is 41.2. The molecule has 0 N–H and O–H groups in total. The number of allylic oxidation sites excluding steroid dienone is 2. The Morgan fingerprint density at radius 1 is 0.311 bits per heavy atom. The van der Waals surface area contributed by atoms with Crippen LogP contribution in [0.2, 0.25) is 0 Å². The molecule has 0 fully saturated rings. The average Bonchev–Trinajstić information content (AvgIpc) is 3.26. The molecule has 360 valence electrons. The lowest BCUT2D eigenvalue weighted by Crippen LogP contribution is -2.30. The zero-order valence-corrected chi connectivity index (χ0v) is 41.2. The SMILES string of the molecule is CCCCCCCC/C=C\CCCCCCCC(=O)OC(COC(=O)CCCCCCCCCCCCCCC)COC(=O)CCCCCCCCCCCCCCCCC. The topological polar surface area (TPSA) is 78.9 Å². The van der Waals surface area contributed by atoms with Crippen LogP contribution in [-0.2, 0) is 28.6 Å². The van der Waals surface area contributed by atoms with E-state index in [0.29, 0.717) is 19.3 Å². The van der Waals surface area contributed by atoms with E-state index in [4.69, 9.17) is 14.2 Å². The lowest BCUT2D eigenvalue weighted by atomic mass is 10.0. The molecule has 1 unspecified atom stereocenters. The maximum atomic E-state index is 12.8. The van der Waals surface area contributed by atoms with Crippen LogP contribution < -0.4 is 0 Å². The number of hydrogen-bond donors (Lipinski definition) is 0.